The first-order valence-electron chi connectivity index (χ1n) is 9.16. The van der Waals surface area contributed by atoms with Gasteiger partial charge >= 0.3 is 0 Å². The van der Waals surface area contributed by atoms with Crippen molar-refractivity contribution in [3.05, 3.63) is 23.5 Å². The van der Waals surface area contributed by atoms with Crippen molar-refractivity contribution in [3.63, 3.8) is 0 Å². The molecule has 0 saturated heterocycles. The van der Waals surface area contributed by atoms with Gasteiger partial charge in [-0.2, -0.15) is 0 Å². The molecule has 2 atom stereocenters. The molecule has 1 N–H and O–H groups in total. The largest absolute Gasteiger partial charge is 0.385 e. The lowest BCUT2D eigenvalue weighted by Gasteiger charge is -2.39. The molecule has 0 radical (unpaired) electrons. The third-order valence-corrected chi connectivity index (χ3v) is 5.42. The predicted molar refractivity (Wildman–Crippen MR) is 96.6 cm³/mol. The molecule has 22 heavy (non-hydrogen) atoms. The summed E-state index contributed by atoms with van der Waals surface area (Å²) in [5, 5.41) is 3.77. The highest BCUT2D eigenvalue weighted by Crippen LogP contribution is 2.40. The average molecular weight is 305 g/mol. The van der Waals surface area contributed by atoms with E-state index in [1.54, 1.807) is 5.70 Å². The van der Waals surface area contributed by atoms with Gasteiger partial charge in [0, 0.05) is 35.4 Å². The van der Waals surface area contributed by atoms with Crippen LogP contribution < -0.4 is 5.32 Å². The van der Waals surface area contributed by atoms with Crippen molar-refractivity contribution in [2.24, 2.45) is 17.3 Å². The highest BCUT2D eigenvalue weighted by atomic mass is 15.2. The molecule has 0 aromatic carbocycles. The van der Waals surface area contributed by atoms with E-state index < -0.39 is 0 Å². The summed E-state index contributed by atoms with van der Waals surface area (Å²) in [6, 6.07) is 1.23. The zero-order valence-electron chi connectivity index (χ0n) is 15.7. The lowest BCUT2D eigenvalue weighted by atomic mass is 9.77. The van der Waals surface area contributed by atoms with E-state index in [0.717, 1.165) is 0 Å². The Bertz CT molecular complexity index is 443. The first-order valence-corrected chi connectivity index (χ1v) is 9.16. The fourth-order valence-electron chi connectivity index (χ4n) is 4.19. The summed E-state index contributed by atoms with van der Waals surface area (Å²) in [5.74, 6) is 1.32. The quantitative estimate of drug-likeness (QED) is 0.748. The zero-order chi connectivity index (χ0) is 16.5. The maximum Gasteiger partial charge on any atom is 0.0319 e. The molecule has 0 aromatic heterocycles. The average Bonchev–Trinajstić information content (AvgIpc) is 3.08. The lowest BCUT2D eigenvalue weighted by Crippen LogP contribution is -2.38. The second-order valence-corrected chi connectivity index (χ2v) is 8.53. The number of allylic oxidation sites excluding steroid dienone is 2. The summed E-state index contributed by atoms with van der Waals surface area (Å²) in [7, 11) is 0. The fourth-order valence-corrected chi connectivity index (χ4v) is 4.19. The Labute approximate surface area is 138 Å². The molecule has 2 heteroatoms. The highest BCUT2D eigenvalue weighted by Gasteiger charge is 2.35. The molecule has 0 spiro atoms. The van der Waals surface area contributed by atoms with Gasteiger partial charge in [0.05, 0.1) is 0 Å². The summed E-state index contributed by atoms with van der Waals surface area (Å²) in [6.07, 6.45) is 8.55. The Morgan fingerprint density at radius 1 is 1.18 bits per heavy atom. The van der Waals surface area contributed by atoms with E-state index in [1.807, 2.05) is 0 Å². The molecular formula is C20H36N2. The SMILES string of the molecule is CC(C)C1=CCC([C@@H](C)CC(C)(C)C2=CCCN2C(C)C)N1. The van der Waals surface area contributed by atoms with Crippen molar-refractivity contribution in [1.29, 1.82) is 0 Å². The zero-order valence-corrected chi connectivity index (χ0v) is 15.7. The predicted octanol–water partition coefficient (Wildman–Crippen LogP) is 4.94. The molecule has 0 saturated carbocycles. The highest BCUT2D eigenvalue weighted by molar-refractivity contribution is 5.18. The van der Waals surface area contributed by atoms with Crippen LogP contribution in [0.25, 0.3) is 0 Å². The third kappa shape index (κ3) is 3.70. The van der Waals surface area contributed by atoms with Gasteiger partial charge in [0.1, 0.15) is 0 Å². The molecule has 0 fully saturated rings. The monoisotopic (exact) mass is 304 g/mol. The number of rotatable bonds is 6. The summed E-state index contributed by atoms with van der Waals surface area (Å²) in [4.78, 5) is 2.60. The summed E-state index contributed by atoms with van der Waals surface area (Å²) in [6.45, 7) is 17.7. The fraction of sp³-hybridized carbons (Fsp3) is 0.800. The topological polar surface area (TPSA) is 15.3 Å². The van der Waals surface area contributed by atoms with E-state index >= 15 is 0 Å². The molecule has 2 heterocycles. The van der Waals surface area contributed by atoms with E-state index in [-0.39, 0.29) is 5.41 Å². The summed E-state index contributed by atoms with van der Waals surface area (Å²) >= 11 is 0. The molecule has 2 aliphatic rings. The molecule has 2 nitrogen and oxygen atoms in total. The van der Waals surface area contributed by atoms with Crippen molar-refractivity contribution >= 4 is 0 Å². The van der Waals surface area contributed by atoms with Gasteiger partial charge in [-0.1, -0.05) is 46.8 Å². The molecule has 2 rings (SSSR count). The van der Waals surface area contributed by atoms with Crippen molar-refractivity contribution in [3.8, 4) is 0 Å². The van der Waals surface area contributed by atoms with Gasteiger partial charge in [-0.05, 0) is 44.9 Å². The second kappa shape index (κ2) is 6.68. The standard InChI is InChI=1S/C20H36N2/c1-14(2)17-10-11-18(21-17)16(5)13-20(6,7)19-9-8-12-22(19)15(3)4/h9-10,14-16,18,21H,8,11-13H2,1-7H3/t16-,18?/m0/s1. The van der Waals surface area contributed by atoms with Crippen LogP contribution in [-0.4, -0.2) is 23.5 Å². The van der Waals surface area contributed by atoms with E-state index in [4.69, 9.17) is 0 Å². The van der Waals surface area contributed by atoms with E-state index in [0.29, 0.717) is 23.9 Å². The smallest absolute Gasteiger partial charge is 0.0319 e. The van der Waals surface area contributed by atoms with Crippen LogP contribution in [0.5, 0.6) is 0 Å². The normalized spacial score (nSPS) is 23.9. The van der Waals surface area contributed by atoms with Gasteiger partial charge in [0.15, 0.2) is 0 Å². The van der Waals surface area contributed by atoms with E-state index in [9.17, 15) is 0 Å². The number of hydrogen-bond acceptors (Lipinski definition) is 2. The number of nitrogens with one attached hydrogen (secondary N) is 1. The van der Waals surface area contributed by atoms with Crippen molar-refractivity contribution in [1.82, 2.24) is 10.2 Å². The Kier molecular flexibility index (Phi) is 5.29. The minimum Gasteiger partial charge on any atom is -0.385 e. The third-order valence-electron chi connectivity index (χ3n) is 5.42. The molecular weight excluding hydrogens is 268 g/mol. The van der Waals surface area contributed by atoms with Crippen LogP contribution in [-0.2, 0) is 0 Å². The molecule has 1 unspecified atom stereocenters. The van der Waals surface area contributed by atoms with Gasteiger partial charge in [-0.25, -0.2) is 0 Å². The molecule has 0 aliphatic carbocycles. The Morgan fingerprint density at radius 3 is 2.41 bits per heavy atom. The molecule has 0 amide bonds. The Morgan fingerprint density at radius 2 is 1.86 bits per heavy atom. The minimum absolute atomic E-state index is 0.266. The Balaban J connectivity index is 1.97. The van der Waals surface area contributed by atoms with E-state index in [2.05, 4.69) is 70.8 Å². The van der Waals surface area contributed by atoms with Crippen LogP contribution >= 0.6 is 0 Å². The molecule has 0 aromatic rings. The number of hydrogen-bond donors (Lipinski definition) is 1. The van der Waals surface area contributed by atoms with E-state index in [1.165, 1.54) is 31.5 Å². The second-order valence-electron chi connectivity index (χ2n) is 8.53. The number of nitrogens with zero attached hydrogens (tertiary/aromatic N) is 1. The van der Waals surface area contributed by atoms with Gasteiger partial charge in [-0.15, -0.1) is 0 Å². The van der Waals surface area contributed by atoms with Gasteiger partial charge in [0.2, 0.25) is 0 Å². The van der Waals surface area contributed by atoms with Crippen LogP contribution in [0.1, 0.15) is 67.7 Å². The summed E-state index contributed by atoms with van der Waals surface area (Å²) in [5.41, 5.74) is 3.28. The van der Waals surface area contributed by atoms with Crippen LogP contribution in [0.15, 0.2) is 23.5 Å². The van der Waals surface area contributed by atoms with Crippen molar-refractivity contribution < 1.29 is 0 Å². The first-order chi connectivity index (χ1) is 10.2. The molecule has 2 aliphatic heterocycles. The van der Waals surface area contributed by atoms with Crippen molar-refractivity contribution in [2.45, 2.75) is 79.8 Å². The molecule has 126 valence electrons. The Hall–Kier alpha value is -0.920. The van der Waals surface area contributed by atoms with Crippen LogP contribution in [0.3, 0.4) is 0 Å². The minimum atomic E-state index is 0.266. The lowest BCUT2D eigenvalue weighted by molar-refractivity contribution is 0.198. The maximum absolute atomic E-state index is 3.77. The van der Waals surface area contributed by atoms with Gasteiger partial charge in [-0.3, -0.25) is 0 Å². The van der Waals surface area contributed by atoms with Gasteiger partial charge < -0.3 is 10.2 Å². The van der Waals surface area contributed by atoms with Crippen LogP contribution in [0, 0.1) is 17.3 Å². The maximum atomic E-state index is 3.77. The van der Waals surface area contributed by atoms with Crippen LogP contribution in [0.4, 0.5) is 0 Å². The summed E-state index contributed by atoms with van der Waals surface area (Å²) < 4.78 is 0. The van der Waals surface area contributed by atoms with Crippen LogP contribution in [0.2, 0.25) is 0 Å². The molecule has 0 bridgehead atoms. The first kappa shape index (κ1) is 17.4. The van der Waals surface area contributed by atoms with Crippen molar-refractivity contribution in [2.75, 3.05) is 6.54 Å². The van der Waals surface area contributed by atoms with Gasteiger partial charge in [0.25, 0.3) is 0 Å².